The number of hydrogen-bond acceptors (Lipinski definition) is 8. The van der Waals surface area contributed by atoms with Gasteiger partial charge in [-0.25, -0.2) is 15.0 Å². The Hall–Kier alpha value is -3.99. The maximum atomic E-state index is 13.6. The van der Waals surface area contributed by atoms with Crippen molar-refractivity contribution >= 4 is 51.4 Å². The number of aryl methyl sites for hydroxylation is 1. The molecule has 3 aromatic heterocycles. The Morgan fingerprint density at radius 3 is 2.31 bits per heavy atom. The van der Waals surface area contributed by atoms with E-state index in [2.05, 4.69) is 49.4 Å². The number of piperazine rings is 1. The summed E-state index contributed by atoms with van der Waals surface area (Å²) in [4.78, 5) is 31.8. The highest BCUT2D eigenvalue weighted by atomic mass is 35.5. The number of nitrogens with one attached hydrogen (secondary N) is 1. The third-order valence-electron chi connectivity index (χ3n) is 6.81. The van der Waals surface area contributed by atoms with Gasteiger partial charge in [0.25, 0.3) is 5.56 Å². The largest absolute Gasteiger partial charge is 0.369 e. The van der Waals surface area contributed by atoms with Crippen LogP contribution in [0.1, 0.15) is 0 Å². The van der Waals surface area contributed by atoms with Crippen molar-refractivity contribution in [3.63, 3.8) is 0 Å². The summed E-state index contributed by atoms with van der Waals surface area (Å²) < 4.78 is 2.99. The number of fused-ring (bicyclic) bond motifs is 1. The van der Waals surface area contributed by atoms with E-state index in [1.807, 2.05) is 19.2 Å². The molecule has 198 valence electrons. The minimum atomic E-state index is -0.443. The Balaban J connectivity index is 1.40. The first-order valence-electron chi connectivity index (χ1n) is 12.4. The molecule has 0 amide bonds. The van der Waals surface area contributed by atoms with Crippen molar-refractivity contribution in [1.82, 2.24) is 34.2 Å². The van der Waals surface area contributed by atoms with Gasteiger partial charge in [-0.1, -0.05) is 29.3 Å². The molecule has 1 saturated heterocycles. The lowest BCUT2D eigenvalue weighted by Gasteiger charge is -2.34. The zero-order valence-electron chi connectivity index (χ0n) is 21.3. The molecule has 39 heavy (non-hydrogen) atoms. The van der Waals surface area contributed by atoms with Crippen LogP contribution >= 0.6 is 23.2 Å². The van der Waals surface area contributed by atoms with Gasteiger partial charge in [0.15, 0.2) is 11.5 Å². The minimum Gasteiger partial charge on any atom is -0.369 e. The summed E-state index contributed by atoms with van der Waals surface area (Å²) in [7, 11) is 3.99. The first-order valence-corrected chi connectivity index (χ1v) is 13.2. The SMILES string of the molecule is CN1CCN(c2ccc(Nc3ncc4c(=O)n(-c5c(Cl)cccc5Cl)nc(-c5nccn5C)c4n3)cc2)CC1. The van der Waals surface area contributed by atoms with Crippen LogP contribution in [0.2, 0.25) is 10.0 Å². The fourth-order valence-electron chi connectivity index (χ4n) is 4.62. The number of halogens is 2. The predicted octanol–water partition coefficient (Wildman–Crippen LogP) is 4.38. The molecule has 4 heterocycles. The lowest BCUT2D eigenvalue weighted by atomic mass is 10.2. The molecule has 12 heteroatoms. The van der Waals surface area contributed by atoms with Crippen molar-refractivity contribution in [2.45, 2.75) is 0 Å². The smallest absolute Gasteiger partial charge is 0.282 e. The maximum absolute atomic E-state index is 13.6. The molecule has 10 nitrogen and oxygen atoms in total. The monoisotopic (exact) mass is 561 g/mol. The summed E-state index contributed by atoms with van der Waals surface area (Å²) >= 11 is 12.9. The second-order valence-electron chi connectivity index (χ2n) is 9.42. The van der Waals surface area contributed by atoms with E-state index in [9.17, 15) is 4.79 Å². The van der Waals surface area contributed by atoms with E-state index in [0.717, 1.165) is 31.9 Å². The summed E-state index contributed by atoms with van der Waals surface area (Å²) in [6.45, 7) is 4.08. The van der Waals surface area contributed by atoms with E-state index < -0.39 is 5.56 Å². The van der Waals surface area contributed by atoms with Crippen LogP contribution in [0.15, 0.2) is 65.8 Å². The molecule has 0 spiro atoms. The molecule has 1 N–H and O–H groups in total. The van der Waals surface area contributed by atoms with E-state index in [1.165, 1.54) is 16.6 Å². The first kappa shape index (κ1) is 25.3. The first-order chi connectivity index (χ1) is 18.9. The average molecular weight is 562 g/mol. The Morgan fingerprint density at radius 2 is 1.64 bits per heavy atom. The standard InChI is InChI=1S/C27H25Cl2N9O/c1-35-12-14-37(15-13-35)18-8-6-17(7-9-18)32-27-31-16-19-22(33-27)23(25-30-10-11-36(25)2)34-38(26(19)39)24-20(28)4-3-5-21(24)29/h3-11,16H,12-15H2,1-2H3,(H,31,32,33). The minimum absolute atomic E-state index is 0.259. The third kappa shape index (κ3) is 4.82. The number of benzene rings is 2. The van der Waals surface area contributed by atoms with Crippen LogP contribution in [0, 0.1) is 0 Å². The van der Waals surface area contributed by atoms with Crippen LogP contribution in [-0.2, 0) is 7.05 Å². The number of hydrogen-bond donors (Lipinski definition) is 1. The molecular formula is C27H25Cl2N9O. The molecule has 2 aromatic carbocycles. The molecule has 1 aliphatic rings. The van der Waals surface area contributed by atoms with Crippen LogP contribution in [0.25, 0.3) is 28.1 Å². The molecular weight excluding hydrogens is 537 g/mol. The highest BCUT2D eigenvalue weighted by Crippen LogP contribution is 2.30. The molecule has 0 aliphatic carbocycles. The number of anilines is 3. The van der Waals surface area contributed by atoms with Crippen molar-refractivity contribution in [1.29, 1.82) is 0 Å². The van der Waals surface area contributed by atoms with Crippen molar-refractivity contribution in [2.75, 3.05) is 43.4 Å². The lowest BCUT2D eigenvalue weighted by molar-refractivity contribution is 0.313. The molecule has 0 saturated carbocycles. The maximum Gasteiger partial charge on any atom is 0.282 e. The molecule has 1 aliphatic heterocycles. The van der Waals surface area contributed by atoms with Crippen LogP contribution in [0.3, 0.4) is 0 Å². The number of aromatic nitrogens is 6. The quantitative estimate of drug-likeness (QED) is 0.337. The van der Waals surface area contributed by atoms with E-state index in [1.54, 1.807) is 35.2 Å². The van der Waals surface area contributed by atoms with Crippen LogP contribution in [0.4, 0.5) is 17.3 Å². The van der Waals surface area contributed by atoms with Gasteiger partial charge in [0.1, 0.15) is 11.2 Å². The summed E-state index contributed by atoms with van der Waals surface area (Å²) in [6.07, 6.45) is 4.94. The second-order valence-corrected chi connectivity index (χ2v) is 10.2. The summed E-state index contributed by atoms with van der Waals surface area (Å²) in [6, 6.07) is 13.2. The topological polar surface area (TPSA) is 97.0 Å². The molecule has 0 atom stereocenters. The Morgan fingerprint density at radius 1 is 0.923 bits per heavy atom. The second kappa shape index (κ2) is 10.3. The number of para-hydroxylation sites is 1. The predicted molar refractivity (Wildman–Crippen MR) is 155 cm³/mol. The van der Waals surface area contributed by atoms with Gasteiger partial charge in [-0.05, 0) is 43.4 Å². The lowest BCUT2D eigenvalue weighted by Crippen LogP contribution is -2.44. The van der Waals surface area contributed by atoms with E-state index in [4.69, 9.17) is 28.2 Å². The summed E-state index contributed by atoms with van der Waals surface area (Å²) in [5.74, 6) is 0.859. The number of likely N-dealkylation sites (N-methyl/N-ethyl adjacent to an activating group) is 1. The van der Waals surface area contributed by atoms with Gasteiger partial charge in [0.2, 0.25) is 5.95 Å². The van der Waals surface area contributed by atoms with Crippen molar-refractivity contribution in [3.05, 3.63) is 81.5 Å². The number of imidazole rings is 1. The van der Waals surface area contributed by atoms with E-state index in [-0.39, 0.29) is 11.1 Å². The number of nitrogens with zero attached hydrogens (tertiary/aromatic N) is 8. The Bertz CT molecular complexity index is 1700. The average Bonchev–Trinajstić information content (AvgIpc) is 3.36. The summed E-state index contributed by atoms with van der Waals surface area (Å²) in [5.41, 5.74) is 2.60. The fourth-order valence-corrected chi connectivity index (χ4v) is 5.18. The van der Waals surface area contributed by atoms with Crippen molar-refractivity contribution < 1.29 is 0 Å². The Labute approximate surface area is 234 Å². The summed E-state index contributed by atoms with van der Waals surface area (Å²) in [5, 5.41) is 8.73. The fraction of sp³-hybridized carbons (Fsp3) is 0.222. The van der Waals surface area contributed by atoms with E-state index in [0.29, 0.717) is 33.0 Å². The molecule has 5 aromatic rings. The highest BCUT2D eigenvalue weighted by Gasteiger charge is 2.21. The van der Waals surface area contributed by atoms with Crippen LogP contribution < -0.4 is 15.8 Å². The van der Waals surface area contributed by atoms with Crippen LogP contribution in [-0.4, -0.2) is 67.4 Å². The third-order valence-corrected chi connectivity index (χ3v) is 7.42. The van der Waals surface area contributed by atoms with Gasteiger partial charge >= 0.3 is 0 Å². The number of rotatable bonds is 5. The van der Waals surface area contributed by atoms with E-state index >= 15 is 0 Å². The molecule has 0 bridgehead atoms. The Kier molecular flexibility index (Phi) is 6.68. The normalized spacial score (nSPS) is 14.2. The zero-order valence-corrected chi connectivity index (χ0v) is 22.9. The molecule has 0 unspecified atom stereocenters. The van der Waals surface area contributed by atoms with Gasteiger partial charge in [0.05, 0.1) is 15.4 Å². The molecule has 1 fully saturated rings. The van der Waals surface area contributed by atoms with Gasteiger partial charge in [-0.3, -0.25) is 4.79 Å². The van der Waals surface area contributed by atoms with Gasteiger partial charge < -0.3 is 19.7 Å². The van der Waals surface area contributed by atoms with Crippen molar-refractivity contribution in [2.24, 2.45) is 7.05 Å². The zero-order chi connectivity index (χ0) is 27.1. The highest BCUT2D eigenvalue weighted by molar-refractivity contribution is 6.37. The van der Waals surface area contributed by atoms with Crippen LogP contribution in [0.5, 0.6) is 0 Å². The van der Waals surface area contributed by atoms with Gasteiger partial charge in [0, 0.05) is 63.2 Å². The van der Waals surface area contributed by atoms with Gasteiger partial charge in [-0.2, -0.15) is 9.78 Å². The van der Waals surface area contributed by atoms with Gasteiger partial charge in [-0.15, -0.1) is 0 Å². The molecule has 6 rings (SSSR count). The van der Waals surface area contributed by atoms with Crippen molar-refractivity contribution in [3.8, 4) is 17.2 Å². The molecule has 0 radical (unpaired) electrons.